The molecule has 2 aromatic rings. The largest absolute Gasteiger partial charge is 0.497 e. The predicted molar refractivity (Wildman–Crippen MR) is 88.4 cm³/mol. The summed E-state index contributed by atoms with van der Waals surface area (Å²) in [4.78, 5) is 12.4. The topological polar surface area (TPSA) is 47.6 Å². The van der Waals surface area contributed by atoms with Crippen molar-refractivity contribution in [3.05, 3.63) is 52.3 Å². The van der Waals surface area contributed by atoms with Crippen molar-refractivity contribution in [2.45, 2.75) is 6.42 Å². The van der Waals surface area contributed by atoms with Crippen molar-refractivity contribution < 1.29 is 18.7 Å². The molecule has 6 heteroatoms. The number of nitrogens with one attached hydrogen (secondary N) is 1. The lowest BCUT2D eigenvalue weighted by molar-refractivity contribution is -0.121. The van der Waals surface area contributed by atoms with Crippen LogP contribution in [0.25, 0.3) is 0 Å². The Morgan fingerprint density at radius 1 is 1.35 bits per heavy atom. The lowest BCUT2D eigenvalue weighted by Gasteiger charge is -2.25. The van der Waals surface area contributed by atoms with Gasteiger partial charge in [-0.1, -0.05) is 15.9 Å². The number of rotatable bonds is 3. The van der Waals surface area contributed by atoms with Gasteiger partial charge in [-0.2, -0.15) is 0 Å². The van der Waals surface area contributed by atoms with E-state index >= 15 is 0 Å². The lowest BCUT2D eigenvalue weighted by Crippen LogP contribution is -2.32. The molecule has 1 atom stereocenters. The summed E-state index contributed by atoms with van der Waals surface area (Å²) < 4.78 is 25.3. The Labute approximate surface area is 141 Å². The van der Waals surface area contributed by atoms with Crippen LogP contribution in [0, 0.1) is 11.7 Å². The minimum atomic E-state index is -0.480. The lowest BCUT2D eigenvalue weighted by atomic mass is 9.95. The van der Waals surface area contributed by atoms with Gasteiger partial charge in [0.05, 0.1) is 18.7 Å². The molecule has 0 bridgehead atoms. The number of hydrogen-bond donors (Lipinski definition) is 1. The Balaban J connectivity index is 1.73. The van der Waals surface area contributed by atoms with Gasteiger partial charge in [-0.25, -0.2) is 4.39 Å². The van der Waals surface area contributed by atoms with Crippen LogP contribution in [0.1, 0.15) is 5.56 Å². The number of benzene rings is 2. The third-order valence-electron chi connectivity index (χ3n) is 3.73. The summed E-state index contributed by atoms with van der Waals surface area (Å²) in [5.74, 6) is 0.348. The van der Waals surface area contributed by atoms with Crippen molar-refractivity contribution in [3.8, 4) is 11.5 Å². The number of anilines is 1. The van der Waals surface area contributed by atoms with E-state index in [2.05, 4.69) is 21.2 Å². The summed E-state index contributed by atoms with van der Waals surface area (Å²) >= 11 is 3.19. The van der Waals surface area contributed by atoms with Gasteiger partial charge in [-0.05, 0) is 48.4 Å². The number of carbonyl (C=O) groups is 1. The van der Waals surface area contributed by atoms with Crippen LogP contribution in [-0.2, 0) is 11.2 Å². The molecule has 3 rings (SSSR count). The first-order chi connectivity index (χ1) is 11.1. The highest BCUT2D eigenvalue weighted by atomic mass is 79.9. The molecule has 0 saturated carbocycles. The molecular weight excluding hydrogens is 365 g/mol. The SMILES string of the molecule is COc1ccc2c(c1)CC(C(=O)Nc1ccc(Br)cc1F)CO2. The summed E-state index contributed by atoms with van der Waals surface area (Å²) in [6.45, 7) is 0.267. The third-order valence-corrected chi connectivity index (χ3v) is 4.23. The highest BCUT2D eigenvalue weighted by Crippen LogP contribution is 2.31. The van der Waals surface area contributed by atoms with Gasteiger partial charge in [0.15, 0.2) is 0 Å². The third kappa shape index (κ3) is 3.47. The standard InChI is InChI=1S/C17H15BrFNO3/c1-22-13-3-5-16-10(7-13)6-11(9-23-16)17(21)20-15-4-2-12(18)8-14(15)19/h2-5,7-8,11H,6,9H2,1H3,(H,20,21). The average Bonchev–Trinajstić information content (AvgIpc) is 2.56. The van der Waals surface area contributed by atoms with Crippen molar-refractivity contribution in [2.75, 3.05) is 19.0 Å². The second-order valence-electron chi connectivity index (χ2n) is 5.30. The van der Waals surface area contributed by atoms with E-state index in [0.29, 0.717) is 16.6 Å². The number of amides is 1. The molecule has 0 saturated heterocycles. The van der Waals surface area contributed by atoms with Crippen molar-refractivity contribution in [1.82, 2.24) is 0 Å². The molecule has 1 amide bonds. The summed E-state index contributed by atoms with van der Waals surface area (Å²) in [6, 6.07) is 10.0. The van der Waals surface area contributed by atoms with Crippen molar-refractivity contribution >= 4 is 27.5 Å². The van der Waals surface area contributed by atoms with Crippen molar-refractivity contribution in [3.63, 3.8) is 0 Å². The highest BCUT2D eigenvalue weighted by Gasteiger charge is 2.27. The highest BCUT2D eigenvalue weighted by molar-refractivity contribution is 9.10. The van der Waals surface area contributed by atoms with E-state index in [9.17, 15) is 9.18 Å². The summed E-state index contributed by atoms with van der Waals surface area (Å²) in [6.07, 6.45) is 0.524. The smallest absolute Gasteiger partial charge is 0.231 e. The number of carbonyl (C=O) groups excluding carboxylic acids is 1. The zero-order chi connectivity index (χ0) is 16.4. The summed E-state index contributed by atoms with van der Waals surface area (Å²) in [7, 11) is 1.59. The fourth-order valence-electron chi connectivity index (χ4n) is 2.49. The first-order valence-corrected chi connectivity index (χ1v) is 7.92. The minimum absolute atomic E-state index is 0.162. The van der Waals surface area contributed by atoms with E-state index in [-0.39, 0.29) is 24.1 Å². The molecular formula is C17H15BrFNO3. The molecule has 4 nitrogen and oxygen atoms in total. The van der Waals surface area contributed by atoms with E-state index < -0.39 is 5.82 Å². The summed E-state index contributed by atoms with van der Waals surface area (Å²) in [5, 5.41) is 2.62. The molecule has 1 heterocycles. The molecule has 120 valence electrons. The second-order valence-corrected chi connectivity index (χ2v) is 6.21. The van der Waals surface area contributed by atoms with E-state index in [1.807, 2.05) is 18.2 Å². The first-order valence-electron chi connectivity index (χ1n) is 7.12. The van der Waals surface area contributed by atoms with Crippen LogP contribution >= 0.6 is 15.9 Å². The molecule has 1 aliphatic rings. The molecule has 0 aliphatic carbocycles. The Bertz CT molecular complexity index is 751. The molecule has 0 fully saturated rings. The van der Waals surface area contributed by atoms with E-state index in [4.69, 9.17) is 9.47 Å². The molecule has 0 spiro atoms. The van der Waals surface area contributed by atoms with Gasteiger partial charge in [-0.15, -0.1) is 0 Å². The van der Waals surface area contributed by atoms with E-state index in [1.165, 1.54) is 12.1 Å². The van der Waals surface area contributed by atoms with Crippen LogP contribution in [0.3, 0.4) is 0 Å². The Hall–Kier alpha value is -2.08. The monoisotopic (exact) mass is 379 g/mol. The zero-order valence-electron chi connectivity index (χ0n) is 12.4. The first kappa shape index (κ1) is 15.8. The molecule has 1 N–H and O–H groups in total. The zero-order valence-corrected chi connectivity index (χ0v) is 14.0. The van der Waals surface area contributed by atoms with Gasteiger partial charge in [0, 0.05) is 4.47 Å². The number of ether oxygens (including phenoxy) is 2. The van der Waals surface area contributed by atoms with Gasteiger partial charge in [-0.3, -0.25) is 4.79 Å². The van der Waals surface area contributed by atoms with Crippen LogP contribution in [0.15, 0.2) is 40.9 Å². The Morgan fingerprint density at radius 2 is 2.17 bits per heavy atom. The molecule has 23 heavy (non-hydrogen) atoms. The molecule has 1 aliphatic heterocycles. The van der Waals surface area contributed by atoms with E-state index in [1.54, 1.807) is 13.2 Å². The van der Waals surface area contributed by atoms with Crippen LogP contribution in [0.2, 0.25) is 0 Å². The quantitative estimate of drug-likeness (QED) is 0.882. The predicted octanol–water partition coefficient (Wildman–Crippen LogP) is 3.79. The Kier molecular flexibility index (Phi) is 4.52. The molecule has 0 radical (unpaired) electrons. The van der Waals surface area contributed by atoms with Gasteiger partial charge in [0.25, 0.3) is 0 Å². The average molecular weight is 380 g/mol. The van der Waals surface area contributed by atoms with Crippen LogP contribution in [0.4, 0.5) is 10.1 Å². The van der Waals surface area contributed by atoms with Crippen LogP contribution in [-0.4, -0.2) is 19.6 Å². The maximum Gasteiger partial charge on any atom is 0.231 e. The number of hydrogen-bond acceptors (Lipinski definition) is 3. The van der Waals surface area contributed by atoms with Crippen molar-refractivity contribution in [2.24, 2.45) is 5.92 Å². The second kappa shape index (κ2) is 6.58. The maximum absolute atomic E-state index is 13.8. The van der Waals surface area contributed by atoms with Crippen LogP contribution < -0.4 is 14.8 Å². The Morgan fingerprint density at radius 3 is 2.91 bits per heavy atom. The maximum atomic E-state index is 13.8. The molecule has 2 aromatic carbocycles. The minimum Gasteiger partial charge on any atom is -0.497 e. The van der Waals surface area contributed by atoms with Crippen LogP contribution in [0.5, 0.6) is 11.5 Å². The summed E-state index contributed by atoms with van der Waals surface area (Å²) in [5.41, 5.74) is 1.07. The number of methoxy groups -OCH3 is 1. The number of halogens is 2. The van der Waals surface area contributed by atoms with Gasteiger partial charge < -0.3 is 14.8 Å². The molecule has 0 aromatic heterocycles. The van der Waals surface area contributed by atoms with Gasteiger partial charge in [0.1, 0.15) is 23.9 Å². The fraction of sp³-hybridized carbons (Fsp3) is 0.235. The van der Waals surface area contributed by atoms with Crippen molar-refractivity contribution in [1.29, 1.82) is 0 Å². The number of fused-ring (bicyclic) bond motifs is 1. The van der Waals surface area contributed by atoms with Gasteiger partial charge in [0.2, 0.25) is 5.91 Å². The van der Waals surface area contributed by atoms with E-state index in [0.717, 1.165) is 11.3 Å². The fourth-order valence-corrected chi connectivity index (χ4v) is 2.83. The normalized spacial score (nSPS) is 16.2. The molecule has 1 unspecified atom stereocenters. The van der Waals surface area contributed by atoms with Gasteiger partial charge >= 0.3 is 0 Å².